The summed E-state index contributed by atoms with van der Waals surface area (Å²) in [7, 11) is 0. The van der Waals surface area contributed by atoms with Crippen molar-refractivity contribution in [3.8, 4) is 12.1 Å². The van der Waals surface area contributed by atoms with E-state index in [2.05, 4.69) is 15.7 Å². The molecule has 0 radical (unpaired) electrons. The predicted octanol–water partition coefficient (Wildman–Crippen LogP) is 3.33. The molecule has 0 aliphatic carbocycles. The number of nitriles is 2. The quantitative estimate of drug-likeness (QED) is 0.883. The number of halogens is 3. The molecule has 7 nitrogen and oxygen atoms in total. The van der Waals surface area contributed by atoms with Crippen LogP contribution in [0.3, 0.4) is 0 Å². The minimum absolute atomic E-state index is 0.118. The van der Waals surface area contributed by atoms with Gasteiger partial charge in [0.25, 0.3) is 0 Å². The average molecular weight is 348 g/mol. The van der Waals surface area contributed by atoms with Gasteiger partial charge < -0.3 is 5.32 Å². The van der Waals surface area contributed by atoms with Gasteiger partial charge in [0.2, 0.25) is 0 Å². The zero-order valence-electron chi connectivity index (χ0n) is 12.6. The highest BCUT2D eigenvalue weighted by atomic mass is 19.4. The molecule has 25 heavy (non-hydrogen) atoms. The van der Waals surface area contributed by atoms with Crippen molar-refractivity contribution in [2.24, 2.45) is 0 Å². The van der Waals surface area contributed by atoms with Gasteiger partial charge >= 0.3 is 12.2 Å². The summed E-state index contributed by atoms with van der Waals surface area (Å²) in [5.41, 5.74) is -1.78. The second-order valence-electron chi connectivity index (χ2n) is 4.82. The van der Waals surface area contributed by atoms with Crippen LogP contribution >= 0.6 is 0 Å². The number of carbonyl (C=O) groups excluding carboxylic acids is 1. The highest BCUT2D eigenvalue weighted by Crippen LogP contribution is 2.33. The van der Waals surface area contributed by atoms with Gasteiger partial charge in [-0.15, -0.1) is 0 Å². The minimum Gasteiger partial charge on any atom is -0.308 e. The van der Waals surface area contributed by atoms with Crippen LogP contribution in [0.15, 0.2) is 30.5 Å². The van der Waals surface area contributed by atoms with Crippen LogP contribution in [0.4, 0.5) is 29.5 Å². The molecule has 1 aromatic heterocycles. The monoisotopic (exact) mass is 348 g/mol. The van der Waals surface area contributed by atoms with Crippen molar-refractivity contribution in [1.82, 2.24) is 9.78 Å². The van der Waals surface area contributed by atoms with Gasteiger partial charge in [0.1, 0.15) is 0 Å². The predicted molar refractivity (Wildman–Crippen MR) is 81.3 cm³/mol. The van der Waals surface area contributed by atoms with E-state index in [-0.39, 0.29) is 17.9 Å². The maximum Gasteiger partial charge on any atom is 0.417 e. The number of carbonyl (C=O) groups is 1. The lowest BCUT2D eigenvalue weighted by atomic mass is 10.1. The van der Waals surface area contributed by atoms with E-state index in [0.717, 1.165) is 6.07 Å². The van der Waals surface area contributed by atoms with Gasteiger partial charge in [-0.05, 0) is 18.2 Å². The summed E-state index contributed by atoms with van der Waals surface area (Å²) in [4.78, 5) is 11.9. The number of nitrogens with zero attached hydrogens (tertiary/aromatic N) is 4. The molecule has 0 fully saturated rings. The third-order valence-electron chi connectivity index (χ3n) is 3.04. The van der Waals surface area contributed by atoms with Crippen LogP contribution in [0.5, 0.6) is 0 Å². The van der Waals surface area contributed by atoms with Crippen molar-refractivity contribution in [3.63, 3.8) is 0 Å². The van der Waals surface area contributed by atoms with Crippen molar-refractivity contribution in [2.75, 3.05) is 10.6 Å². The molecule has 2 N–H and O–H groups in total. The molecule has 0 aliphatic rings. The van der Waals surface area contributed by atoms with Crippen LogP contribution in [-0.2, 0) is 12.7 Å². The van der Waals surface area contributed by atoms with E-state index in [1.54, 1.807) is 6.20 Å². The molecule has 2 amide bonds. The molecule has 1 aromatic carbocycles. The van der Waals surface area contributed by atoms with E-state index in [9.17, 15) is 18.0 Å². The van der Waals surface area contributed by atoms with Gasteiger partial charge in [0.05, 0.1) is 36.2 Å². The number of urea groups is 1. The number of alkyl halides is 3. The van der Waals surface area contributed by atoms with E-state index in [4.69, 9.17) is 10.5 Å². The lowest BCUT2D eigenvalue weighted by molar-refractivity contribution is -0.137. The second-order valence-corrected chi connectivity index (χ2v) is 4.82. The summed E-state index contributed by atoms with van der Waals surface area (Å²) >= 11 is 0. The minimum atomic E-state index is -4.71. The van der Waals surface area contributed by atoms with Gasteiger partial charge in [-0.2, -0.15) is 28.8 Å². The Morgan fingerprint density at radius 2 is 2.00 bits per heavy atom. The largest absolute Gasteiger partial charge is 0.417 e. The third kappa shape index (κ3) is 4.72. The Labute approximate surface area is 140 Å². The normalized spacial score (nSPS) is 10.6. The molecule has 0 bridgehead atoms. The number of benzene rings is 1. The zero-order chi connectivity index (χ0) is 18.4. The molecule has 0 aliphatic heterocycles. The van der Waals surface area contributed by atoms with Crippen LogP contribution in [0, 0.1) is 22.7 Å². The number of hydrogen-bond donors (Lipinski definition) is 2. The first kappa shape index (κ1) is 17.8. The number of aromatic nitrogens is 2. The second kappa shape index (κ2) is 7.36. The number of anilines is 2. The molecule has 128 valence electrons. The third-order valence-corrected chi connectivity index (χ3v) is 3.04. The average Bonchev–Trinajstić information content (AvgIpc) is 2.99. The smallest absolute Gasteiger partial charge is 0.308 e. The lowest BCUT2D eigenvalue weighted by Crippen LogP contribution is -2.20. The summed E-state index contributed by atoms with van der Waals surface area (Å²) in [5, 5.41) is 25.8. The molecule has 0 saturated carbocycles. The van der Waals surface area contributed by atoms with E-state index in [1.807, 2.05) is 6.07 Å². The molecule has 2 aromatic rings. The van der Waals surface area contributed by atoms with Gasteiger partial charge in [0.15, 0.2) is 5.82 Å². The van der Waals surface area contributed by atoms with Crippen molar-refractivity contribution in [2.45, 2.75) is 19.1 Å². The maximum absolute atomic E-state index is 12.9. The van der Waals surface area contributed by atoms with Crippen molar-refractivity contribution < 1.29 is 18.0 Å². The standard InChI is InChI=1S/C15H11F3N6O/c16-15(17,18)12-8-11(3-2-10(12)9-20)21-14(25)22-13-4-7-24(23-13)6-1-5-19/h2-4,7-8H,1,6H2,(H2,21,22,23,25). The summed E-state index contributed by atoms with van der Waals surface area (Å²) in [6.45, 7) is 0.352. The topological polar surface area (TPSA) is 107 Å². The summed E-state index contributed by atoms with van der Waals surface area (Å²) < 4.78 is 40.1. The molecule has 2 rings (SSSR count). The Hall–Kier alpha value is -3.53. The number of aryl methyl sites for hydroxylation is 1. The molecular weight excluding hydrogens is 337 g/mol. The number of rotatable bonds is 4. The van der Waals surface area contributed by atoms with E-state index < -0.39 is 23.3 Å². The number of nitrogens with one attached hydrogen (secondary N) is 2. The summed E-state index contributed by atoms with van der Waals surface area (Å²) in [6.07, 6.45) is -2.91. The van der Waals surface area contributed by atoms with Crippen LogP contribution in [-0.4, -0.2) is 15.8 Å². The van der Waals surface area contributed by atoms with Crippen LogP contribution < -0.4 is 10.6 Å². The highest BCUT2D eigenvalue weighted by Gasteiger charge is 2.33. The van der Waals surface area contributed by atoms with E-state index in [0.29, 0.717) is 12.6 Å². The Balaban J connectivity index is 2.07. The Kier molecular flexibility index (Phi) is 5.25. The Morgan fingerprint density at radius 3 is 2.64 bits per heavy atom. The molecule has 0 spiro atoms. The van der Waals surface area contributed by atoms with Crippen LogP contribution in [0.1, 0.15) is 17.5 Å². The SMILES string of the molecule is N#CCCn1ccc(NC(=O)Nc2ccc(C#N)c(C(F)(F)F)c2)n1. The number of amides is 2. The molecular formula is C15H11F3N6O. The van der Waals surface area contributed by atoms with Gasteiger partial charge in [-0.25, -0.2) is 4.79 Å². The van der Waals surface area contributed by atoms with Gasteiger partial charge in [-0.3, -0.25) is 10.00 Å². The number of hydrogen-bond acceptors (Lipinski definition) is 4. The first-order valence-corrected chi connectivity index (χ1v) is 6.93. The Morgan fingerprint density at radius 1 is 1.24 bits per heavy atom. The van der Waals surface area contributed by atoms with Gasteiger partial charge in [0, 0.05) is 18.0 Å². The zero-order valence-corrected chi connectivity index (χ0v) is 12.6. The highest BCUT2D eigenvalue weighted by molar-refractivity contribution is 5.99. The van der Waals surface area contributed by atoms with E-state index >= 15 is 0 Å². The summed E-state index contributed by atoms with van der Waals surface area (Å²) in [5.74, 6) is 0.181. The molecule has 0 unspecified atom stereocenters. The maximum atomic E-state index is 12.9. The summed E-state index contributed by atoms with van der Waals surface area (Å²) in [6, 6.07) is 6.96. The first-order valence-electron chi connectivity index (χ1n) is 6.93. The lowest BCUT2D eigenvalue weighted by Gasteiger charge is -2.11. The van der Waals surface area contributed by atoms with Crippen molar-refractivity contribution in [1.29, 1.82) is 10.5 Å². The van der Waals surface area contributed by atoms with Gasteiger partial charge in [-0.1, -0.05) is 0 Å². The van der Waals surface area contributed by atoms with Crippen LogP contribution in [0.25, 0.3) is 0 Å². The fourth-order valence-corrected chi connectivity index (χ4v) is 1.95. The molecule has 0 atom stereocenters. The van der Waals surface area contributed by atoms with Crippen molar-refractivity contribution >= 4 is 17.5 Å². The van der Waals surface area contributed by atoms with E-state index in [1.165, 1.54) is 22.9 Å². The van der Waals surface area contributed by atoms with Crippen LogP contribution in [0.2, 0.25) is 0 Å². The fourth-order valence-electron chi connectivity index (χ4n) is 1.95. The fraction of sp³-hybridized carbons (Fsp3) is 0.200. The Bertz CT molecular complexity index is 859. The molecule has 10 heteroatoms. The molecule has 0 saturated heterocycles. The molecule has 1 heterocycles. The van der Waals surface area contributed by atoms with Crippen molar-refractivity contribution in [3.05, 3.63) is 41.6 Å². The first-order chi connectivity index (χ1) is 11.8.